The summed E-state index contributed by atoms with van der Waals surface area (Å²) in [5.41, 5.74) is 0.150. The quantitative estimate of drug-likeness (QED) is 0.751. The van der Waals surface area contributed by atoms with Crippen molar-refractivity contribution < 1.29 is 5.11 Å². The summed E-state index contributed by atoms with van der Waals surface area (Å²) in [7, 11) is 0. The van der Waals surface area contributed by atoms with Gasteiger partial charge in [0.2, 0.25) is 0 Å². The smallest absolute Gasteiger partial charge is 0.0621 e. The highest BCUT2D eigenvalue weighted by Crippen LogP contribution is 2.40. The molecule has 1 rings (SSSR count). The van der Waals surface area contributed by atoms with Crippen LogP contribution in [0, 0.1) is 22.2 Å². The summed E-state index contributed by atoms with van der Waals surface area (Å²) < 4.78 is 0. The molecule has 3 nitrogen and oxygen atoms in total. The Kier molecular flexibility index (Phi) is 3.98. The van der Waals surface area contributed by atoms with E-state index in [4.69, 9.17) is 5.26 Å². The maximum absolute atomic E-state index is 9.63. The van der Waals surface area contributed by atoms with E-state index in [1.54, 1.807) is 0 Å². The van der Waals surface area contributed by atoms with Crippen molar-refractivity contribution in [1.29, 1.82) is 5.26 Å². The highest BCUT2D eigenvalue weighted by molar-refractivity contribution is 5.02. The minimum atomic E-state index is -0.174. The zero-order valence-electron chi connectivity index (χ0n) is 10.9. The first-order valence-electron chi connectivity index (χ1n) is 6.08. The molecule has 1 fully saturated rings. The Morgan fingerprint density at radius 2 is 2.12 bits per heavy atom. The molecule has 0 aromatic carbocycles. The standard InChI is InChI=1S/C13H24N2O/c1-12(2,6-5-7-14)9-15-10-8-11(16)13(10,3)4/h10-11,15-16H,5-6,8-9H2,1-4H3. The van der Waals surface area contributed by atoms with Gasteiger partial charge in [0, 0.05) is 24.4 Å². The van der Waals surface area contributed by atoms with Crippen molar-refractivity contribution in [3.05, 3.63) is 0 Å². The topological polar surface area (TPSA) is 56.0 Å². The predicted molar refractivity (Wildman–Crippen MR) is 64.8 cm³/mol. The summed E-state index contributed by atoms with van der Waals surface area (Å²) in [5.74, 6) is 0. The van der Waals surface area contributed by atoms with E-state index in [1.807, 2.05) is 0 Å². The van der Waals surface area contributed by atoms with Gasteiger partial charge < -0.3 is 10.4 Å². The first kappa shape index (κ1) is 13.5. The Bertz CT molecular complexity index is 278. The molecule has 2 atom stereocenters. The van der Waals surface area contributed by atoms with Gasteiger partial charge in [0.25, 0.3) is 0 Å². The van der Waals surface area contributed by atoms with Crippen LogP contribution >= 0.6 is 0 Å². The van der Waals surface area contributed by atoms with Crippen molar-refractivity contribution in [1.82, 2.24) is 5.32 Å². The summed E-state index contributed by atoms with van der Waals surface area (Å²) in [6.45, 7) is 9.47. The van der Waals surface area contributed by atoms with Crippen LogP contribution < -0.4 is 5.32 Å². The zero-order chi connectivity index (χ0) is 12.4. The summed E-state index contributed by atoms with van der Waals surface area (Å²) in [4.78, 5) is 0. The molecule has 0 spiro atoms. The molecule has 1 saturated carbocycles. The molecular formula is C13H24N2O. The van der Waals surface area contributed by atoms with Crippen LogP contribution in [0.4, 0.5) is 0 Å². The molecule has 92 valence electrons. The molecule has 16 heavy (non-hydrogen) atoms. The molecule has 0 saturated heterocycles. The van der Waals surface area contributed by atoms with Crippen LogP contribution in [0.5, 0.6) is 0 Å². The van der Waals surface area contributed by atoms with Crippen molar-refractivity contribution in [3.8, 4) is 6.07 Å². The second-order valence-electron chi connectivity index (χ2n) is 6.33. The average Bonchev–Trinajstić information content (AvgIpc) is 2.21. The first-order chi connectivity index (χ1) is 7.29. The van der Waals surface area contributed by atoms with Crippen molar-refractivity contribution in [3.63, 3.8) is 0 Å². The van der Waals surface area contributed by atoms with Crippen molar-refractivity contribution in [2.24, 2.45) is 10.8 Å². The molecule has 1 aliphatic carbocycles. The molecule has 0 aliphatic heterocycles. The first-order valence-corrected chi connectivity index (χ1v) is 6.08. The normalized spacial score (nSPS) is 28.2. The number of aliphatic hydroxyl groups is 1. The fraction of sp³-hybridized carbons (Fsp3) is 0.923. The maximum Gasteiger partial charge on any atom is 0.0621 e. The van der Waals surface area contributed by atoms with Gasteiger partial charge in [0.05, 0.1) is 12.2 Å². The SMILES string of the molecule is CC(C)(CCC#N)CNC1CC(O)C1(C)C. The lowest BCUT2D eigenvalue weighted by Gasteiger charge is -2.50. The average molecular weight is 224 g/mol. The van der Waals surface area contributed by atoms with E-state index in [-0.39, 0.29) is 16.9 Å². The summed E-state index contributed by atoms with van der Waals surface area (Å²) in [6.07, 6.45) is 2.21. The molecule has 0 heterocycles. The molecule has 0 aromatic heterocycles. The van der Waals surface area contributed by atoms with Gasteiger partial charge in [-0.1, -0.05) is 27.7 Å². The van der Waals surface area contributed by atoms with Gasteiger partial charge in [0.15, 0.2) is 0 Å². The summed E-state index contributed by atoms with van der Waals surface area (Å²) in [5, 5.41) is 21.7. The number of nitriles is 1. The Morgan fingerprint density at radius 3 is 2.56 bits per heavy atom. The van der Waals surface area contributed by atoms with Crippen LogP contribution in [0.3, 0.4) is 0 Å². The van der Waals surface area contributed by atoms with Crippen LogP contribution in [0.25, 0.3) is 0 Å². The number of aliphatic hydroxyl groups excluding tert-OH is 1. The van der Waals surface area contributed by atoms with Crippen LogP contribution in [0.1, 0.15) is 47.0 Å². The molecule has 0 aromatic rings. The number of nitrogens with zero attached hydrogens (tertiary/aromatic N) is 1. The van der Waals surface area contributed by atoms with E-state index in [2.05, 4.69) is 39.1 Å². The summed E-state index contributed by atoms with van der Waals surface area (Å²) in [6, 6.07) is 2.60. The number of rotatable bonds is 5. The van der Waals surface area contributed by atoms with Gasteiger partial charge in [-0.15, -0.1) is 0 Å². The van der Waals surface area contributed by atoms with Gasteiger partial charge in [-0.3, -0.25) is 0 Å². The lowest BCUT2D eigenvalue weighted by atomic mass is 9.64. The highest BCUT2D eigenvalue weighted by atomic mass is 16.3. The van der Waals surface area contributed by atoms with E-state index < -0.39 is 0 Å². The van der Waals surface area contributed by atoms with Crippen LogP contribution in [0.2, 0.25) is 0 Å². The third-order valence-electron chi connectivity index (χ3n) is 3.96. The van der Waals surface area contributed by atoms with Gasteiger partial charge in [0.1, 0.15) is 0 Å². The van der Waals surface area contributed by atoms with E-state index in [0.717, 1.165) is 19.4 Å². The monoisotopic (exact) mass is 224 g/mol. The Morgan fingerprint density at radius 1 is 1.50 bits per heavy atom. The summed E-state index contributed by atoms with van der Waals surface area (Å²) >= 11 is 0. The molecule has 0 radical (unpaired) electrons. The molecular weight excluding hydrogens is 200 g/mol. The van der Waals surface area contributed by atoms with Crippen LogP contribution in [-0.2, 0) is 0 Å². The van der Waals surface area contributed by atoms with Crippen molar-refractivity contribution in [2.75, 3.05) is 6.54 Å². The third kappa shape index (κ3) is 2.96. The zero-order valence-corrected chi connectivity index (χ0v) is 10.9. The molecule has 2 unspecified atom stereocenters. The Labute approximate surface area is 98.8 Å². The Balaban J connectivity index is 2.33. The minimum absolute atomic E-state index is 0.00862. The predicted octanol–water partition coefficient (Wildman–Crippen LogP) is 2.07. The largest absolute Gasteiger partial charge is 0.392 e. The van der Waals surface area contributed by atoms with E-state index in [9.17, 15) is 5.11 Å². The lowest BCUT2D eigenvalue weighted by Crippen LogP contribution is -2.61. The highest BCUT2D eigenvalue weighted by Gasteiger charge is 2.47. The molecule has 1 aliphatic rings. The van der Waals surface area contributed by atoms with Gasteiger partial charge >= 0.3 is 0 Å². The lowest BCUT2D eigenvalue weighted by molar-refractivity contribution is -0.0746. The Hall–Kier alpha value is -0.590. The molecule has 2 N–H and O–H groups in total. The minimum Gasteiger partial charge on any atom is -0.392 e. The second kappa shape index (κ2) is 4.73. The fourth-order valence-electron chi connectivity index (χ4n) is 2.13. The second-order valence-corrected chi connectivity index (χ2v) is 6.33. The van der Waals surface area contributed by atoms with Gasteiger partial charge in [-0.2, -0.15) is 5.26 Å². The molecule has 0 bridgehead atoms. The van der Waals surface area contributed by atoms with E-state index in [1.165, 1.54) is 0 Å². The van der Waals surface area contributed by atoms with E-state index >= 15 is 0 Å². The number of nitrogens with one attached hydrogen (secondary N) is 1. The van der Waals surface area contributed by atoms with Crippen LogP contribution in [-0.4, -0.2) is 23.8 Å². The molecule has 3 heteroatoms. The van der Waals surface area contributed by atoms with E-state index in [0.29, 0.717) is 12.5 Å². The fourth-order valence-corrected chi connectivity index (χ4v) is 2.13. The number of hydrogen-bond donors (Lipinski definition) is 2. The molecule has 0 amide bonds. The van der Waals surface area contributed by atoms with Gasteiger partial charge in [-0.25, -0.2) is 0 Å². The third-order valence-corrected chi connectivity index (χ3v) is 3.96. The van der Waals surface area contributed by atoms with Crippen molar-refractivity contribution in [2.45, 2.75) is 59.1 Å². The maximum atomic E-state index is 9.63. The van der Waals surface area contributed by atoms with Crippen LogP contribution in [0.15, 0.2) is 0 Å². The number of hydrogen-bond acceptors (Lipinski definition) is 3. The van der Waals surface area contributed by atoms with Gasteiger partial charge in [-0.05, 0) is 18.3 Å². The van der Waals surface area contributed by atoms with Crippen molar-refractivity contribution >= 4 is 0 Å².